The molecule has 0 bridgehead atoms. The van der Waals surface area contributed by atoms with E-state index in [0.717, 1.165) is 6.42 Å². The number of hydrogen-bond acceptors (Lipinski definition) is 2. The fourth-order valence-corrected chi connectivity index (χ4v) is 2.03. The van der Waals surface area contributed by atoms with Crippen molar-refractivity contribution in [2.24, 2.45) is 0 Å². The minimum atomic E-state index is -0.779. The molecule has 1 rings (SSSR count). The minimum absolute atomic E-state index is 0.204. The van der Waals surface area contributed by atoms with E-state index >= 15 is 0 Å². The molecule has 0 radical (unpaired) electrons. The van der Waals surface area contributed by atoms with Crippen LogP contribution in [0.4, 0.5) is 0 Å². The number of allylic oxidation sites excluding steroid dienone is 3. The fourth-order valence-electron chi connectivity index (χ4n) is 0.937. The Morgan fingerprint density at radius 2 is 2.08 bits per heavy atom. The number of thiol groups is 1. The van der Waals surface area contributed by atoms with Crippen molar-refractivity contribution < 1.29 is 8.98 Å². The largest absolute Gasteiger partial charge is 0.407 e. The molecule has 0 aliphatic carbocycles. The van der Waals surface area contributed by atoms with E-state index in [4.69, 9.17) is 4.18 Å². The molecule has 0 N–H and O–H groups in total. The summed E-state index contributed by atoms with van der Waals surface area (Å²) < 4.78 is 5.21. The van der Waals surface area contributed by atoms with Crippen molar-refractivity contribution >= 4 is 17.1 Å². The van der Waals surface area contributed by atoms with E-state index in [1.54, 1.807) is 6.92 Å². The summed E-state index contributed by atoms with van der Waals surface area (Å²) in [6, 6.07) is 0. The first-order valence-electron chi connectivity index (χ1n) is 4.26. The monoisotopic (exact) mass is 198 g/mol. The lowest BCUT2D eigenvalue weighted by molar-refractivity contribution is -0.128. The third-order valence-electron chi connectivity index (χ3n) is 1.60. The summed E-state index contributed by atoms with van der Waals surface area (Å²) in [5.74, 6) is -0.204. The van der Waals surface area contributed by atoms with Crippen LogP contribution in [0.1, 0.15) is 20.3 Å². The molecule has 0 aromatic rings. The minimum Gasteiger partial charge on any atom is -0.407 e. The lowest BCUT2D eigenvalue weighted by Gasteiger charge is -2.10. The highest BCUT2D eigenvalue weighted by Crippen LogP contribution is 2.34. The highest BCUT2D eigenvalue weighted by molar-refractivity contribution is 8.18. The van der Waals surface area contributed by atoms with Crippen LogP contribution < -0.4 is 0 Å². The fraction of sp³-hybridized carbons (Fsp3) is 0.300. The summed E-state index contributed by atoms with van der Waals surface area (Å²) in [4.78, 5) is 11.3. The molecule has 1 heterocycles. The maximum absolute atomic E-state index is 11.3. The Morgan fingerprint density at radius 3 is 2.62 bits per heavy atom. The molecular weight excluding hydrogens is 184 g/mol. The van der Waals surface area contributed by atoms with E-state index in [2.05, 4.69) is 0 Å². The predicted octanol–water partition coefficient (Wildman–Crippen LogP) is 2.84. The van der Waals surface area contributed by atoms with Gasteiger partial charge in [-0.3, -0.25) is 0 Å². The van der Waals surface area contributed by atoms with Gasteiger partial charge >= 0.3 is 5.97 Å². The van der Waals surface area contributed by atoms with Gasteiger partial charge in [-0.2, -0.15) is 0 Å². The summed E-state index contributed by atoms with van der Waals surface area (Å²) >= 11 is -0.779. The Kier molecular flexibility index (Phi) is 3.83. The number of carbonyl (C=O) groups is 1. The zero-order valence-electron chi connectivity index (χ0n) is 7.86. The zero-order chi connectivity index (χ0) is 9.68. The Bertz CT molecular complexity index is 265. The van der Waals surface area contributed by atoms with Gasteiger partial charge in [-0.25, -0.2) is 4.79 Å². The topological polar surface area (TPSA) is 26.3 Å². The molecule has 0 saturated heterocycles. The van der Waals surface area contributed by atoms with E-state index in [1.807, 2.05) is 36.0 Å². The van der Waals surface area contributed by atoms with Gasteiger partial charge in [0.05, 0.1) is 0 Å². The van der Waals surface area contributed by atoms with Crippen LogP contribution in [0, 0.1) is 0 Å². The Morgan fingerprint density at radius 1 is 1.46 bits per heavy atom. The lowest BCUT2D eigenvalue weighted by atomic mass is 10.2. The van der Waals surface area contributed by atoms with Crippen LogP contribution >= 0.6 is 11.2 Å². The van der Waals surface area contributed by atoms with E-state index in [9.17, 15) is 4.79 Å². The standard InChI is InChI=1S/C10H14O2S/c1-3-6-9(2)10(11)12-13-7-4-5-8-13/h4-8,13H,3H2,1-2H3. The van der Waals surface area contributed by atoms with E-state index in [-0.39, 0.29) is 5.97 Å². The van der Waals surface area contributed by atoms with Crippen molar-refractivity contribution in [2.75, 3.05) is 0 Å². The number of rotatable bonds is 3. The van der Waals surface area contributed by atoms with Gasteiger partial charge in [-0.1, -0.05) is 36.3 Å². The first-order chi connectivity index (χ1) is 6.24. The normalized spacial score (nSPS) is 18.0. The van der Waals surface area contributed by atoms with Crippen LogP contribution in [-0.4, -0.2) is 5.97 Å². The van der Waals surface area contributed by atoms with Crippen LogP contribution in [-0.2, 0) is 8.98 Å². The van der Waals surface area contributed by atoms with Gasteiger partial charge in [0.25, 0.3) is 0 Å². The Hall–Kier alpha value is -0.960. The second kappa shape index (κ2) is 4.92. The van der Waals surface area contributed by atoms with Gasteiger partial charge in [0, 0.05) is 5.57 Å². The molecule has 0 saturated carbocycles. The smallest absolute Gasteiger partial charge is 0.344 e. The molecule has 1 aliphatic rings. The van der Waals surface area contributed by atoms with Gasteiger partial charge in [0.15, 0.2) is 0 Å². The molecule has 0 aromatic heterocycles. The molecule has 0 amide bonds. The molecule has 13 heavy (non-hydrogen) atoms. The zero-order valence-corrected chi connectivity index (χ0v) is 8.75. The summed E-state index contributed by atoms with van der Waals surface area (Å²) in [5.41, 5.74) is 0.693. The lowest BCUT2D eigenvalue weighted by Crippen LogP contribution is -2.01. The highest BCUT2D eigenvalue weighted by Gasteiger charge is 2.08. The average molecular weight is 198 g/mol. The first-order valence-corrected chi connectivity index (χ1v) is 5.66. The molecule has 0 fully saturated rings. The van der Waals surface area contributed by atoms with Crippen LogP contribution in [0.5, 0.6) is 0 Å². The molecule has 0 atom stereocenters. The Labute approximate surface area is 81.5 Å². The second-order valence-corrected chi connectivity index (χ2v) is 4.22. The van der Waals surface area contributed by atoms with Crippen molar-refractivity contribution in [1.82, 2.24) is 0 Å². The summed E-state index contributed by atoms with van der Waals surface area (Å²) in [6.45, 7) is 3.78. The van der Waals surface area contributed by atoms with Crippen LogP contribution in [0.2, 0.25) is 0 Å². The van der Waals surface area contributed by atoms with Gasteiger partial charge < -0.3 is 4.18 Å². The van der Waals surface area contributed by atoms with E-state index < -0.39 is 11.2 Å². The first kappa shape index (κ1) is 10.1. The molecule has 3 heteroatoms. The average Bonchev–Trinajstić information content (AvgIpc) is 2.57. The van der Waals surface area contributed by atoms with Crippen molar-refractivity contribution in [3.8, 4) is 0 Å². The van der Waals surface area contributed by atoms with E-state index in [1.165, 1.54) is 0 Å². The van der Waals surface area contributed by atoms with Gasteiger partial charge in [0.1, 0.15) is 0 Å². The SMILES string of the molecule is CCC=C(C)C(=O)O[SH]1C=CC=C1. The molecule has 72 valence electrons. The van der Waals surface area contributed by atoms with Gasteiger partial charge in [0.2, 0.25) is 0 Å². The van der Waals surface area contributed by atoms with Crippen LogP contribution in [0.15, 0.2) is 34.6 Å². The van der Waals surface area contributed by atoms with Crippen LogP contribution in [0.3, 0.4) is 0 Å². The highest BCUT2D eigenvalue weighted by atomic mass is 32.2. The Balaban J connectivity index is 2.45. The maximum atomic E-state index is 11.3. The van der Waals surface area contributed by atoms with Gasteiger partial charge in [-0.15, -0.1) is 0 Å². The molecular formula is C10H14O2S. The van der Waals surface area contributed by atoms with Gasteiger partial charge in [-0.05, 0) is 24.2 Å². The van der Waals surface area contributed by atoms with Crippen LogP contribution in [0.25, 0.3) is 0 Å². The van der Waals surface area contributed by atoms with Crippen molar-refractivity contribution in [3.05, 3.63) is 34.6 Å². The second-order valence-electron chi connectivity index (χ2n) is 2.72. The summed E-state index contributed by atoms with van der Waals surface area (Å²) in [7, 11) is 0. The number of hydrogen-bond donors (Lipinski definition) is 1. The van der Waals surface area contributed by atoms with Crippen molar-refractivity contribution in [2.45, 2.75) is 20.3 Å². The number of carbonyl (C=O) groups excluding carboxylic acids is 1. The maximum Gasteiger partial charge on any atom is 0.344 e. The summed E-state index contributed by atoms with van der Waals surface area (Å²) in [5, 5.41) is 3.82. The predicted molar refractivity (Wildman–Crippen MR) is 57.4 cm³/mol. The van der Waals surface area contributed by atoms with E-state index in [0.29, 0.717) is 5.57 Å². The molecule has 0 unspecified atom stereocenters. The molecule has 1 aliphatic heterocycles. The summed E-state index contributed by atoms with van der Waals surface area (Å²) in [6.07, 6.45) is 6.54. The van der Waals surface area contributed by atoms with Crippen molar-refractivity contribution in [1.29, 1.82) is 0 Å². The third-order valence-corrected chi connectivity index (χ3v) is 2.91. The molecule has 0 spiro atoms. The quantitative estimate of drug-likeness (QED) is 0.557. The van der Waals surface area contributed by atoms with Crippen molar-refractivity contribution in [3.63, 3.8) is 0 Å². The molecule has 2 nitrogen and oxygen atoms in total. The third kappa shape index (κ3) is 3.11. The molecule has 0 aromatic carbocycles.